The number of aromatic nitrogens is 1. The number of benzene rings is 1. The Labute approximate surface area is 168 Å². The zero-order valence-corrected chi connectivity index (χ0v) is 16.4. The molecule has 2 aromatic heterocycles. The standard InChI is InChI=1S/C21H23N5O3/c1-26(2)10-9-23-21(27)20-19(16-7-8-22-12-18(16)29-20)24-14-4-5-15-13(11-14)3-6-17(15)25-28/h4-5,7-8,11-12,24,28H,3,6,9-10H2,1-2H3,(H,23,27). The average molecular weight is 393 g/mol. The average Bonchev–Trinajstić information content (AvgIpc) is 3.29. The number of hydrogen-bond donors (Lipinski definition) is 3. The fraction of sp³-hybridized carbons (Fsp3) is 0.286. The van der Waals surface area contributed by atoms with Crippen molar-refractivity contribution in [2.24, 2.45) is 5.16 Å². The van der Waals surface area contributed by atoms with E-state index in [1.165, 1.54) is 0 Å². The molecule has 1 aliphatic carbocycles. The molecule has 0 unspecified atom stereocenters. The zero-order chi connectivity index (χ0) is 20.4. The van der Waals surface area contributed by atoms with Gasteiger partial charge in [0.05, 0.1) is 17.6 Å². The van der Waals surface area contributed by atoms with E-state index in [0.29, 0.717) is 23.5 Å². The van der Waals surface area contributed by atoms with Crippen LogP contribution in [0.4, 0.5) is 11.4 Å². The molecule has 8 nitrogen and oxygen atoms in total. The molecule has 0 spiro atoms. The second kappa shape index (κ2) is 7.92. The van der Waals surface area contributed by atoms with Gasteiger partial charge >= 0.3 is 0 Å². The van der Waals surface area contributed by atoms with Gasteiger partial charge in [-0.2, -0.15) is 0 Å². The first kappa shape index (κ1) is 18.9. The molecule has 4 rings (SSSR count). The van der Waals surface area contributed by atoms with Gasteiger partial charge in [-0.1, -0.05) is 11.2 Å². The number of oxime groups is 1. The highest BCUT2D eigenvalue weighted by Crippen LogP contribution is 2.34. The van der Waals surface area contributed by atoms with Gasteiger partial charge in [0.25, 0.3) is 5.91 Å². The Morgan fingerprint density at radius 1 is 1.31 bits per heavy atom. The number of furan rings is 1. The SMILES string of the molecule is CN(C)CCNC(=O)c1oc2cnccc2c1Nc1ccc2c(c1)CCC2=NO. The van der Waals surface area contributed by atoms with Crippen LogP contribution in [-0.4, -0.2) is 53.9 Å². The highest BCUT2D eigenvalue weighted by Gasteiger charge is 2.22. The maximum Gasteiger partial charge on any atom is 0.289 e. The van der Waals surface area contributed by atoms with Crippen molar-refractivity contribution in [3.8, 4) is 0 Å². The van der Waals surface area contributed by atoms with E-state index in [4.69, 9.17) is 9.62 Å². The van der Waals surface area contributed by atoms with Crippen LogP contribution in [-0.2, 0) is 6.42 Å². The van der Waals surface area contributed by atoms with Crippen LogP contribution in [0.15, 0.2) is 46.2 Å². The summed E-state index contributed by atoms with van der Waals surface area (Å²) in [5.74, 6) is -0.0497. The van der Waals surface area contributed by atoms with E-state index in [2.05, 4.69) is 20.8 Å². The third-order valence-electron chi connectivity index (χ3n) is 4.98. The topological polar surface area (TPSA) is 103 Å². The minimum absolute atomic E-state index is 0.227. The first-order chi connectivity index (χ1) is 14.1. The molecule has 8 heteroatoms. The number of nitrogens with one attached hydrogen (secondary N) is 2. The first-order valence-corrected chi connectivity index (χ1v) is 9.47. The summed E-state index contributed by atoms with van der Waals surface area (Å²) in [5.41, 5.74) is 4.76. The second-order valence-electron chi connectivity index (χ2n) is 7.28. The number of nitrogens with zero attached hydrogens (tertiary/aromatic N) is 3. The van der Waals surface area contributed by atoms with E-state index < -0.39 is 0 Å². The van der Waals surface area contributed by atoms with Gasteiger partial charge in [0.1, 0.15) is 0 Å². The molecule has 1 aliphatic rings. The molecule has 0 saturated carbocycles. The van der Waals surface area contributed by atoms with E-state index in [1.54, 1.807) is 12.4 Å². The van der Waals surface area contributed by atoms with Gasteiger partial charge in [-0.05, 0) is 50.7 Å². The van der Waals surface area contributed by atoms with Crippen molar-refractivity contribution in [1.82, 2.24) is 15.2 Å². The fourth-order valence-corrected chi connectivity index (χ4v) is 3.50. The largest absolute Gasteiger partial charge is 0.447 e. The highest BCUT2D eigenvalue weighted by molar-refractivity contribution is 6.07. The van der Waals surface area contributed by atoms with Gasteiger partial charge in [-0.15, -0.1) is 0 Å². The van der Waals surface area contributed by atoms with Crippen molar-refractivity contribution in [3.63, 3.8) is 0 Å². The Bertz CT molecular complexity index is 1090. The molecular weight excluding hydrogens is 370 g/mol. The molecule has 0 radical (unpaired) electrons. The van der Waals surface area contributed by atoms with Crippen molar-refractivity contribution < 1.29 is 14.4 Å². The number of amides is 1. The number of rotatable bonds is 6. The highest BCUT2D eigenvalue weighted by atomic mass is 16.4. The van der Waals surface area contributed by atoms with Crippen LogP contribution in [0.3, 0.4) is 0 Å². The van der Waals surface area contributed by atoms with Crippen LogP contribution in [0.5, 0.6) is 0 Å². The summed E-state index contributed by atoms with van der Waals surface area (Å²) in [7, 11) is 3.90. The van der Waals surface area contributed by atoms with E-state index in [-0.39, 0.29) is 11.7 Å². The number of likely N-dealkylation sites (N-methyl/N-ethyl adjacent to an activating group) is 1. The van der Waals surface area contributed by atoms with Gasteiger partial charge in [0.2, 0.25) is 5.76 Å². The predicted molar refractivity (Wildman–Crippen MR) is 111 cm³/mol. The number of fused-ring (bicyclic) bond motifs is 2. The van der Waals surface area contributed by atoms with Crippen LogP contribution in [0.2, 0.25) is 0 Å². The number of carbonyl (C=O) groups excluding carboxylic acids is 1. The lowest BCUT2D eigenvalue weighted by Gasteiger charge is -2.11. The van der Waals surface area contributed by atoms with Gasteiger partial charge in [0, 0.05) is 35.9 Å². The lowest BCUT2D eigenvalue weighted by atomic mass is 10.1. The quantitative estimate of drug-likeness (QED) is 0.439. The maximum atomic E-state index is 12.7. The number of carbonyl (C=O) groups is 1. The van der Waals surface area contributed by atoms with E-state index in [9.17, 15) is 4.79 Å². The third kappa shape index (κ3) is 3.79. The lowest BCUT2D eigenvalue weighted by Crippen LogP contribution is -2.31. The lowest BCUT2D eigenvalue weighted by molar-refractivity contribution is 0.0926. The Kier molecular flexibility index (Phi) is 5.18. The molecule has 1 amide bonds. The molecule has 0 saturated heterocycles. The van der Waals surface area contributed by atoms with E-state index in [1.807, 2.05) is 43.3 Å². The summed E-state index contributed by atoms with van der Waals surface area (Å²) in [6, 6.07) is 7.67. The maximum absolute atomic E-state index is 12.7. The van der Waals surface area contributed by atoms with Gasteiger partial charge in [-0.25, -0.2) is 0 Å². The minimum atomic E-state index is -0.276. The second-order valence-corrected chi connectivity index (χ2v) is 7.28. The molecule has 3 aromatic rings. The van der Waals surface area contributed by atoms with Gasteiger partial charge in [0.15, 0.2) is 5.58 Å². The molecule has 0 atom stereocenters. The van der Waals surface area contributed by atoms with Crippen LogP contribution in [0, 0.1) is 0 Å². The van der Waals surface area contributed by atoms with Crippen molar-refractivity contribution in [3.05, 3.63) is 53.5 Å². The Balaban J connectivity index is 1.65. The van der Waals surface area contributed by atoms with Crippen LogP contribution in [0.25, 0.3) is 11.0 Å². The summed E-state index contributed by atoms with van der Waals surface area (Å²) in [5, 5.41) is 19.5. The predicted octanol–water partition coefficient (Wildman–Crippen LogP) is 2.99. The molecular formula is C21H23N5O3. The van der Waals surface area contributed by atoms with Crippen LogP contribution < -0.4 is 10.6 Å². The summed E-state index contributed by atoms with van der Waals surface area (Å²) in [6.45, 7) is 1.25. The number of hydrogen-bond acceptors (Lipinski definition) is 7. The minimum Gasteiger partial charge on any atom is -0.447 e. The number of anilines is 2. The number of pyridine rings is 1. The van der Waals surface area contributed by atoms with Gasteiger partial charge < -0.3 is 25.2 Å². The van der Waals surface area contributed by atoms with Crippen LogP contribution >= 0.6 is 0 Å². The van der Waals surface area contributed by atoms with Crippen molar-refractivity contribution >= 4 is 34.0 Å². The Hall–Kier alpha value is -3.39. The summed E-state index contributed by atoms with van der Waals surface area (Å²) in [4.78, 5) is 18.8. The Morgan fingerprint density at radius 2 is 2.17 bits per heavy atom. The van der Waals surface area contributed by atoms with E-state index >= 15 is 0 Å². The third-order valence-corrected chi connectivity index (χ3v) is 4.98. The smallest absolute Gasteiger partial charge is 0.289 e. The number of aryl methyl sites for hydroxylation is 1. The first-order valence-electron chi connectivity index (χ1n) is 9.47. The molecule has 150 valence electrons. The summed E-state index contributed by atoms with van der Waals surface area (Å²) >= 11 is 0. The summed E-state index contributed by atoms with van der Waals surface area (Å²) in [6.07, 6.45) is 4.81. The van der Waals surface area contributed by atoms with Crippen molar-refractivity contribution in [1.29, 1.82) is 0 Å². The molecule has 1 aromatic carbocycles. The fourth-order valence-electron chi connectivity index (χ4n) is 3.50. The van der Waals surface area contributed by atoms with Gasteiger partial charge in [-0.3, -0.25) is 9.78 Å². The summed E-state index contributed by atoms with van der Waals surface area (Å²) < 4.78 is 5.81. The van der Waals surface area contributed by atoms with Crippen LogP contribution in [0.1, 0.15) is 28.1 Å². The zero-order valence-electron chi connectivity index (χ0n) is 16.4. The van der Waals surface area contributed by atoms with E-state index in [0.717, 1.165) is 41.6 Å². The molecule has 29 heavy (non-hydrogen) atoms. The molecule has 2 heterocycles. The monoisotopic (exact) mass is 393 g/mol. The van der Waals surface area contributed by atoms with Crippen molar-refractivity contribution in [2.75, 3.05) is 32.5 Å². The molecule has 3 N–H and O–H groups in total. The molecule has 0 bridgehead atoms. The molecule has 0 aliphatic heterocycles. The van der Waals surface area contributed by atoms with Crippen molar-refractivity contribution in [2.45, 2.75) is 12.8 Å². The Morgan fingerprint density at radius 3 is 2.97 bits per heavy atom. The molecule has 0 fully saturated rings. The normalized spacial score (nSPS) is 14.5.